The minimum Gasteiger partial charge on any atom is -0.425 e. The first-order chi connectivity index (χ1) is 9.06. The number of allylic oxidation sites excluding steroid dienone is 1. The monoisotopic (exact) mass is 260 g/mol. The van der Waals surface area contributed by atoms with Gasteiger partial charge in [-0.2, -0.15) is 5.26 Å². The summed E-state index contributed by atoms with van der Waals surface area (Å²) in [4.78, 5) is 5.98. The zero-order valence-electron chi connectivity index (χ0n) is 11.2. The topological polar surface area (TPSA) is 92.3 Å². The molecule has 0 saturated carbocycles. The second kappa shape index (κ2) is 4.00. The van der Waals surface area contributed by atoms with Crippen LogP contribution in [0, 0.1) is 18.3 Å². The van der Waals surface area contributed by atoms with Crippen molar-refractivity contribution in [1.29, 1.82) is 5.26 Å². The van der Waals surface area contributed by atoms with Crippen LogP contribution >= 0.6 is 0 Å². The molecule has 0 amide bonds. The van der Waals surface area contributed by atoms with Crippen molar-refractivity contribution < 1.29 is 9.32 Å². The summed E-state index contributed by atoms with van der Waals surface area (Å²) in [5.41, 5.74) is 7.10. The average Bonchev–Trinajstić information content (AvgIpc) is 2.74. The molecule has 100 valence electrons. The number of hydrogen-bond acceptors (Lipinski definition) is 5. The van der Waals surface area contributed by atoms with Crippen molar-refractivity contribution >= 4 is 5.88 Å². The van der Waals surface area contributed by atoms with E-state index in [0.29, 0.717) is 23.2 Å². The Morgan fingerprint density at radius 2 is 2.16 bits per heavy atom. The van der Waals surface area contributed by atoms with E-state index in [-0.39, 0.29) is 5.41 Å². The Labute approximate surface area is 111 Å². The van der Waals surface area contributed by atoms with Crippen molar-refractivity contribution in [3.8, 4) is 6.07 Å². The molecule has 6 nitrogen and oxygen atoms in total. The Bertz CT molecular complexity index is 587. The SMILES string of the molecule is Cc1nc2c(o1)NC(N)=C(C#N)C21CC[NH+](C)CC1. The third kappa shape index (κ3) is 1.62. The number of quaternary nitrogens is 1. The summed E-state index contributed by atoms with van der Waals surface area (Å²) in [5.74, 6) is 1.62. The van der Waals surface area contributed by atoms with Crippen molar-refractivity contribution in [2.75, 3.05) is 25.5 Å². The summed E-state index contributed by atoms with van der Waals surface area (Å²) >= 11 is 0. The highest BCUT2D eigenvalue weighted by Crippen LogP contribution is 2.46. The Morgan fingerprint density at radius 3 is 2.79 bits per heavy atom. The minimum atomic E-state index is -0.364. The van der Waals surface area contributed by atoms with Gasteiger partial charge in [0.25, 0.3) is 0 Å². The normalized spacial score (nSPS) is 29.8. The second-order valence-electron chi connectivity index (χ2n) is 5.48. The fourth-order valence-electron chi connectivity index (χ4n) is 3.15. The Morgan fingerprint density at radius 1 is 1.47 bits per heavy atom. The predicted octanol–water partition coefficient (Wildman–Crippen LogP) is -0.351. The van der Waals surface area contributed by atoms with Crippen molar-refractivity contribution in [2.24, 2.45) is 5.73 Å². The second-order valence-corrected chi connectivity index (χ2v) is 5.48. The molecule has 0 bridgehead atoms. The van der Waals surface area contributed by atoms with Gasteiger partial charge in [-0.25, -0.2) is 4.98 Å². The van der Waals surface area contributed by atoms with E-state index < -0.39 is 0 Å². The van der Waals surface area contributed by atoms with Crippen LogP contribution in [0.4, 0.5) is 5.88 Å². The summed E-state index contributed by atoms with van der Waals surface area (Å²) < 4.78 is 5.57. The van der Waals surface area contributed by atoms with Crippen LogP contribution in [0.5, 0.6) is 0 Å². The number of fused-ring (bicyclic) bond motifs is 2. The first-order valence-electron chi connectivity index (χ1n) is 6.53. The van der Waals surface area contributed by atoms with Gasteiger partial charge in [0.2, 0.25) is 5.88 Å². The Hall–Kier alpha value is -2.00. The molecule has 0 unspecified atom stereocenters. The van der Waals surface area contributed by atoms with Crippen LogP contribution in [0.3, 0.4) is 0 Å². The maximum atomic E-state index is 9.48. The molecule has 2 aliphatic heterocycles. The number of likely N-dealkylation sites (tertiary alicyclic amines) is 1. The molecule has 0 atom stereocenters. The van der Waals surface area contributed by atoms with Crippen molar-refractivity contribution in [3.05, 3.63) is 23.0 Å². The number of aromatic nitrogens is 1. The first-order valence-corrected chi connectivity index (χ1v) is 6.53. The van der Waals surface area contributed by atoms with Crippen LogP contribution in [-0.4, -0.2) is 25.1 Å². The van der Waals surface area contributed by atoms with Gasteiger partial charge in [-0.05, 0) is 0 Å². The molecule has 4 N–H and O–H groups in total. The highest BCUT2D eigenvalue weighted by molar-refractivity contribution is 5.60. The number of nitrogens with two attached hydrogens (primary N) is 1. The Kier molecular flexibility index (Phi) is 2.54. The lowest BCUT2D eigenvalue weighted by Gasteiger charge is -2.39. The minimum absolute atomic E-state index is 0.364. The predicted molar refractivity (Wildman–Crippen MR) is 69.2 cm³/mol. The molecular weight excluding hydrogens is 242 g/mol. The van der Waals surface area contributed by atoms with Crippen LogP contribution in [0.25, 0.3) is 0 Å². The van der Waals surface area contributed by atoms with E-state index in [1.54, 1.807) is 0 Å². The van der Waals surface area contributed by atoms with Gasteiger partial charge in [-0.1, -0.05) is 0 Å². The summed E-state index contributed by atoms with van der Waals surface area (Å²) in [7, 11) is 2.17. The molecule has 6 heteroatoms. The van der Waals surface area contributed by atoms with Gasteiger partial charge >= 0.3 is 0 Å². The summed E-state index contributed by atoms with van der Waals surface area (Å²) in [5, 5.41) is 12.4. The van der Waals surface area contributed by atoms with E-state index in [1.807, 2.05) is 6.92 Å². The maximum Gasteiger partial charge on any atom is 0.223 e. The molecule has 3 heterocycles. The van der Waals surface area contributed by atoms with E-state index in [4.69, 9.17) is 10.2 Å². The van der Waals surface area contributed by atoms with Gasteiger partial charge in [-0.3, -0.25) is 0 Å². The molecule has 0 aromatic carbocycles. The highest BCUT2D eigenvalue weighted by Gasteiger charge is 2.49. The number of nitriles is 1. The van der Waals surface area contributed by atoms with Gasteiger partial charge in [0, 0.05) is 19.8 Å². The quantitative estimate of drug-likeness (QED) is 0.593. The van der Waals surface area contributed by atoms with Crippen LogP contribution in [0.2, 0.25) is 0 Å². The summed E-state index contributed by atoms with van der Waals surface area (Å²) in [6.07, 6.45) is 1.76. The number of rotatable bonds is 0. The van der Waals surface area contributed by atoms with E-state index >= 15 is 0 Å². The molecule has 1 aromatic rings. The molecule has 2 aliphatic rings. The molecule has 1 saturated heterocycles. The lowest BCUT2D eigenvalue weighted by molar-refractivity contribution is -0.886. The van der Waals surface area contributed by atoms with Gasteiger partial charge < -0.3 is 20.4 Å². The number of oxazole rings is 1. The largest absolute Gasteiger partial charge is 0.425 e. The first kappa shape index (κ1) is 12.1. The van der Waals surface area contributed by atoms with Crippen molar-refractivity contribution in [1.82, 2.24) is 4.98 Å². The van der Waals surface area contributed by atoms with Crippen LogP contribution in [0.1, 0.15) is 24.4 Å². The smallest absolute Gasteiger partial charge is 0.223 e. The van der Waals surface area contributed by atoms with Gasteiger partial charge in [0.15, 0.2) is 5.89 Å². The lowest BCUT2D eigenvalue weighted by Crippen LogP contribution is -3.10. The average molecular weight is 260 g/mol. The zero-order valence-corrected chi connectivity index (χ0v) is 11.2. The third-order valence-electron chi connectivity index (χ3n) is 4.25. The number of anilines is 1. The summed E-state index contributed by atoms with van der Waals surface area (Å²) in [6.45, 7) is 3.82. The molecule has 19 heavy (non-hydrogen) atoms. The fraction of sp³-hybridized carbons (Fsp3) is 0.538. The molecule has 1 fully saturated rings. The van der Waals surface area contributed by atoms with E-state index in [2.05, 4.69) is 23.4 Å². The summed E-state index contributed by atoms with van der Waals surface area (Å²) in [6, 6.07) is 2.28. The standard InChI is InChI=1S/C13H17N5O/c1-8-16-10-12(19-8)17-11(15)9(7-14)13(10)3-5-18(2)6-4-13/h17H,3-6,15H2,1-2H3/p+1. The highest BCUT2D eigenvalue weighted by atomic mass is 16.4. The van der Waals surface area contributed by atoms with Crippen LogP contribution < -0.4 is 16.0 Å². The number of aryl methyl sites for hydroxylation is 1. The van der Waals surface area contributed by atoms with Crippen molar-refractivity contribution in [3.63, 3.8) is 0 Å². The third-order valence-corrected chi connectivity index (χ3v) is 4.25. The van der Waals surface area contributed by atoms with Crippen LogP contribution in [-0.2, 0) is 5.41 Å². The number of hydrogen-bond donors (Lipinski definition) is 3. The fourth-order valence-corrected chi connectivity index (χ4v) is 3.15. The van der Waals surface area contributed by atoms with Gasteiger partial charge in [0.1, 0.15) is 11.5 Å². The molecule has 1 spiro atoms. The number of nitrogens with one attached hydrogen (secondary N) is 2. The molecule has 0 radical (unpaired) electrons. The Balaban J connectivity index is 2.16. The van der Waals surface area contributed by atoms with Crippen LogP contribution in [0.15, 0.2) is 15.8 Å². The molecule has 3 rings (SSSR count). The maximum absolute atomic E-state index is 9.48. The van der Waals surface area contributed by atoms with Gasteiger partial charge in [-0.15, -0.1) is 0 Å². The number of nitrogens with zero attached hydrogens (tertiary/aromatic N) is 2. The van der Waals surface area contributed by atoms with E-state index in [1.165, 1.54) is 4.90 Å². The molecular formula is C13H18N5O+. The lowest BCUT2D eigenvalue weighted by atomic mass is 9.69. The van der Waals surface area contributed by atoms with Crippen molar-refractivity contribution in [2.45, 2.75) is 25.2 Å². The van der Waals surface area contributed by atoms with E-state index in [9.17, 15) is 5.26 Å². The van der Waals surface area contributed by atoms with E-state index in [0.717, 1.165) is 31.6 Å². The molecule has 0 aliphatic carbocycles. The number of piperidine rings is 1. The van der Waals surface area contributed by atoms with Gasteiger partial charge in [0.05, 0.1) is 37.2 Å². The molecule has 1 aromatic heterocycles. The zero-order chi connectivity index (χ0) is 13.6.